The summed E-state index contributed by atoms with van der Waals surface area (Å²) < 4.78 is 10.5. The summed E-state index contributed by atoms with van der Waals surface area (Å²) in [6.07, 6.45) is 0. The molecule has 0 radical (unpaired) electrons. The summed E-state index contributed by atoms with van der Waals surface area (Å²) in [7, 11) is 1.59. The summed E-state index contributed by atoms with van der Waals surface area (Å²) in [6.45, 7) is 4.44. The average Bonchev–Trinajstić information content (AvgIpc) is 2.64. The highest BCUT2D eigenvalue weighted by Gasteiger charge is 2.11. The molecular formula is C19H22N2O3. The fraction of sp³-hybridized carbons (Fsp3) is 0.316. The van der Waals surface area contributed by atoms with Crippen LogP contribution in [0.4, 0.5) is 5.69 Å². The lowest BCUT2D eigenvalue weighted by atomic mass is 10.1. The average molecular weight is 326 g/mol. The molecule has 5 nitrogen and oxygen atoms in total. The van der Waals surface area contributed by atoms with Gasteiger partial charge in [-0.2, -0.15) is 0 Å². The minimum absolute atomic E-state index is 0.144. The molecule has 1 aliphatic heterocycles. The Bertz CT molecular complexity index is 679. The first-order valence-corrected chi connectivity index (χ1v) is 8.09. The van der Waals surface area contributed by atoms with E-state index in [0.717, 1.165) is 38.5 Å². The normalized spacial score (nSPS) is 15.0. The zero-order valence-electron chi connectivity index (χ0n) is 13.8. The molecule has 0 aliphatic carbocycles. The summed E-state index contributed by atoms with van der Waals surface area (Å²) >= 11 is 0. The van der Waals surface area contributed by atoms with E-state index < -0.39 is 0 Å². The van der Waals surface area contributed by atoms with E-state index in [9.17, 15) is 4.79 Å². The number of rotatable bonds is 5. The number of morpholine rings is 1. The van der Waals surface area contributed by atoms with Crippen molar-refractivity contribution in [3.05, 3.63) is 59.7 Å². The minimum atomic E-state index is -0.144. The van der Waals surface area contributed by atoms with Crippen molar-refractivity contribution in [1.82, 2.24) is 4.90 Å². The Morgan fingerprint density at radius 1 is 1.17 bits per heavy atom. The molecule has 3 rings (SSSR count). The minimum Gasteiger partial charge on any atom is -0.497 e. The number of amides is 1. The van der Waals surface area contributed by atoms with E-state index in [1.165, 1.54) is 5.56 Å². The van der Waals surface area contributed by atoms with E-state index in [-0.39, 0.29) is 5.91 Å². The Labute approximate surface area is 142 Å². The van der Waals surface area contributed by atoms with Gasteiger partial charge in [0.1, 0.15) is 5.75 Å². The zero-order chi connectivity index (χ0) is 16.8. The van der Waals surface area contributed by atoms with E-state index in [1.54, 1.807) is 25.3 Å². The van der Waals surface area contributed by atoms with Gasteiger partial charge in [-0.05, 0) is 35.9 Å². The molecule has 0 bridgehead atoms. The van der Waals surface area contributed by atoms with Crippen LogP contribution in [0.1, 0.15) is 15.9 Å². The summed E-state index contributed by atoms with van der Waals surface area (Å²) in [4.78, 5) is 14.7. The molecule has 24 heavy (non-hydrogen) atoms. The summed E-state index contributed by atoms with van der Waals surface area (Å²) in [5, 5.41) is 2.91. The molecule has 1 aliphatic rings. The number of nitrogens with zero attached hydrogens (tertiary/aromatic N) is 1. The highest BCUT2D eigenvalue weighted by Crippen LogP contribution is 2.16. The van der Waals surface area contributed by atoms with Crippen LogP contribution in [0.25, 0.3) is 0 Å². The fourth-order valence-electron chi connectivity index (χ4n) is 2.68. The fourth-order valence-corrected chi connectivity index (χ4v) is 2.68. The second kappa shape index (κ2) is 7.95. The van der Waals surface area contributed by atoms with Crippen LogP contribution >= 0.6 is 0 Å². The number of ether oxygens (including phenoxy) is 2. The van der Waals surface area contributed by atoms with Crippen LogP contribution in [0.5, 0.6) is 5.75 Å². The Hall–Kier alpha value is -2.37. The van der Waals surface area contributed by atoms with Crippen molar-refractivity contribution in [2.45, 2.75) is 6.54 Å². The van der Waals surface area contributed by atoms with Crippen molar-refractivity contribution in [2.24, 2.45) is 0 Å². The third kappa shape index (κ3) is 4.34. The van der Waals surface area contributed by atoms with Gasteiger partial charge in [0.2, 0.25) is 0 Å². The summed E-state index contributed by atoms with van der Waals surface area (Å²) in [5.74, 6) is 0.526. The first-order chi connectivity index (χ1) is 11.7. The molecule has 0 atom stereocenters. The van der Waals surface area contributed by atoms with Gasteiger partial charge >= 0.3 is 0 Å². The standard InChI is InChI=1S/C19H22N2O3/c1-23-18-4-2-3-16(13-18)19(22)20-17-7-5-15(6-8-17)14-21-9-11-24-12-10-21/h2-8,13H,9-12,14H2,1H3,(H,20,22). The van der Waals surface area contributed by atoms with Gasteiger partial charge < -0.3 is 14.8 Å². The summed E-state index contributed by atoms with van der Waals surface area (Å²) in [5.41, 5.74) is 2.59. The molecule has 5 heteroatoms. The van der Waals surface area contributed by atoms with Crippen LogP contribution in [0.15, 0.2) is 48.5 Å². The van der Waals surface area contributed by atoms with E-state index in [1.807, 2.05) is 18.2 Å². The highest BCUT2D eigenvalue weighted by atomic mass is 16.5. The SMILES string of the molecule is COc1cccc(C(=O)Nc2ccc(CN3CCOCC3)cc2)c1. The van der Waals surface area contributed by atoms with Gasteiger partial charge in [-0.3, -0.25) is 9.69 Å². The number of benzene rings is 2. The lowest BCUT2D eigenvalue weighted by molar-refractivity contribution is 0.0342. The molecule has 1 amide bonds. The third-order valence-corrected chi connectivity index (χ3v) is 4.05. The number of hydrogen-bond donors (Lipinski definition) is 1. The molecule has 1 N–H and O–H groups in total. The second-order valence-electron chi connectivity index (χ2n) is 5.77. The first kappa shape index (κ1) is 16.5. The number of methoxy groups -OCH3 is 1. The molecular weight excluding hydrogens is 304 g/mol. The molecule has 2 aromatic carbocycles. The molecule has 0 aromatic heterocycles. The molecule has 0 spiro atoms. The monoisotopic (exact) mass is 326 g/mol. The number of carbonyl (C=O) groups excluding carboxylic acids is 1. The number of carbonyl (C=O) groups is 1. The molecule has 1 saturated heterocycles. The number of anilines is 1. The van der Waals surface area contributed by atoms with Crippen LogP contribution in [0, 0.1) is 0 Å². The van der Waals surface area contributed by atoms with Gasteiger partial charge in [-0.1, -0.05) is 18.2 Å². The highest BCUT2D eigenvalue weighted by molar-refractivity contribution is 6.04. The van der Waals surface area contributed by atoms with Gasteiger partial charge in [-0.25, -0.2) is 0 Å². The predicted octanol–water partition coefficient (Wildman–Crippen LogP) is 2.78. The molecule has 0 saturated carbocycles. The van der Waals surface area contributed by atoms with E-state index in [2.05, 4.69) is 22.3 Å². The quantitative estimate of drug-likeness (QED) is 0.918. The Morgan fingerprint density at radius 2 is 1.92 bits per heavy atom. The maximum atomic E-state index is 12.3. The van der Waals surface area contributed by atoms with E-state index in [0.29, 0.717) is 11.3 Å². The largest absolute Gasteiger partial charge is 0.497 e. The predicted molar refractivity (Wildman–Crippen MR) is 93.5 cm³/mol. The Morgan fingerprint density at radius 3 is 2.62 bits per heavy atom. The molecule has 1 heterocycles. The lowest BCUT2D eigenvalue weighted by Gasteiger charge is -2.26. The van der Waals surface area contributed by atoms with Crippen molar-refractivity contribution in [3.63, 3.8) is 0 Å². The van der Waals surface area contributed by atoms with Crippen LogP contribution in [-0.2, 0) is 11.3 Å². The zero-order valence-corrected chi connectivity index (χ0v) is 13.8. The maximum Gasteiger partial charge on any atom is 0.255 e. The van der Waals surface area contributed by atoms with Gasteiger partial charge in [0.05, 0.1) is 20.3 Å². The third-order valence-electron chi connectivity index (χ3n) is 4.05. The summed E-state index contributed by atoms with van der Waals surface area (Å²) in [6, 6.07) is 15.1. The van der Waals surface area contributed by atoms with Crippen LogP contribution in [-0.4, -0.2) is 44.2 Å². The Kier molecular flexibility index (Phi) is 5.46. The molecule has 0 unspecified atom stereocenters. The van der Waals surface area contributed by atoms with Crippen molar-refractivity contribution in [2.75, 3.05) is 38.7 Å². The van der Waals surface area contributed by atoms with Gasteiger partial charge in [-0.15, -0.1) is 0 Å². The van der Waals surface area contributed by atoms with Crippen LogP contribution in [0.3, 0.4) is 0 Å². The van der Waals surface area contributed by atoms with Gasteiger partial charge in [0.25, 0.3) is 5.91 Å². The first-order valence-electron chi connectivity index (χ1n) is 8.09. The van der Waals surface area contributed by atoms with Gasteiger partial charge in [0.15, 0.2) is 0 Å². The van der Waals surface area contributed by atoms with Crippen molar-refractivity contribution >= 4 is 11.6 Å². The Balaban J connectivity index is 1.59. The molecule has 1 fully saturated rings. The van der Waals surface area contributed by atoms with Gasteiger partial charge in [0, 0.05) is 30.9 Å². The maximum absolute atomic E-state index is 12.3. The lowest BCUT2D eigenvalue weighted by Crippen LogP contribution is -2.35. The van der Waals surface area contributed by atoms with E-state index >= 15 is 0 Å². The number of nitrogens with one attached hydrogen (secondary N) is 1. The molecule has 2 aromatic rings. The second-order valence-corrected chi connectivity index (χ2v) is 5.77. The van der Waals surface area contributed by atoms with Crippen LogP contribution < -0.4 is 10.1 Å². The van der Waals surface area contributed by atoms with Crippen molar-refractivity contribution in [3.8, 4) is 5.75 Å². The van der Waals surface area contributed by atoms with Crippen molar-refractivity contribution in [1.29, 1.82) is 0 Å². The molecule has 126 valence electrons. The smallest absolute Gasteiger partial charge is 0.255 e. The van der Waals surface area contributed by atoms with E-state index in [4.69, 9.17) is 9.47 Å². The topological polar surface area (TPSA) is 50.8 Å². The van der Waals surface area contributed by atoms with Crippen LogP contribution in [0.2, 0.25) is 0 Å². The number of hydrogen-bond acceptors (Lipinski definition) is 4. The van der Waals surface area contributed by atoms with Crippen molar-refractivity contribution < 1.29 is 14.3 Å².